The number of benzene rings is 2. The van der Waals surface area contributed by atoms with Crippen molar-refractivity contribution < 1.29 is 19.4 Å². The fourth-order valence-electron chi connectivity index (χ4n) is 4.85. The van der Waals surface area contributed by atoms with E-state index in [-0.39, 0.29) is 6.54 Å². The van der Waals surface area contributed by atoms with Crippen molar-refractivity contribution in [2.45, 2.75) is 45.0 Å². The van der Waals surface area contributed by atoms with Gasteiger partial charge in [-0.15, -0.1) is 11.3 Å². The molecule has 4 heterocycles. The van der Waals surface area contributed by atoms with Gasteiger partial charge in [-0.3, -0.25) is 4.68 Å². The first-order chi connectivity index (χ1) is 19.6. The lowest BCUT2D eigenvalue weighted by molar-refractivity contribution is -0.0370. The summed E-state index contributed by atoms with van der Waals surface area (Å²) in [6.45, 7) is 5.96. The van der Waals surface area contributed by atoms with Gasteiger partial charge in [0.15, 0.2) is 0 Å². The SMILES string of the molecule is Cn1cc(-c2cc(O[C@H]3CCN(C(=O)OC(C)(C)C)C[C@@H]3O)c3c(Nc4ccc5ncsc5c4)ncnc3c2)cn1. The normalized spacial score (nSPS) is 17.6. The number of aromatic nitrogens is 5. The van der Waals surface area contributed by atoms with Crippen molar-refractivity contribution in [1.82, 2.24) is 29.6 Å². The number of aliphatic hydroxyl groups is 1. The van der Waals surface area contributed by atoms with Crippen LogP contribution in [0.2, 0.25) is 0 Å². The Kier molecular flexibility index (Phi) is 6.96. The Morgan fingerprint density at radius 3 is 2.73 bits per heavy atom. The molecule has 5 aromatic rings. The molecule has 12 heteroatoms. The monoisotopic (exact) mass is 573 g/mol. The number of aryl methyl sites for hydroxylation is 1. The maximum atomic E-state index is 12.6. The third-order valence-corrected chi connectivity index (χ3v) is 7.58. The van der Waals surface area contributed by atoms with E-state index in [1.165, 1.54) is 11.2 Å². The van der Waals surface area contributed by atoms with Crippen LogP contribution in [-0.4, -0.2) is 71.7 Å². The molecule has 11 nitrogen and oxygen atoms in total. The zero-order chi connectivity index (χ0) is 28.7. The molecule has 0 aliphatic carbocycles. The smallest absolute Gasteiger partial charge is 0.410 e. The molecule has 2 atom stereocenters. The number of hydrogen-bond donors (Lipinski definition) is 2. The van der Waals surface area contributed by atoms with Crippen molar-refractivity contribution in [3.05, 3.63) is 54.6 Å². The Morgan fingerprint density at radius 1 is 1.12 bits per heavy atom. The van der Waals surface area contributed by atoms with E-state index in [4.69, 9.17) is 9.47 Å². The molecule has 1 saturated heterocycles. The van der Waals surface area contributed by atoms with Gasteiger partial charge < -0.3 is 24.8 Å². The zero-order valence-electron chi connectivity index (χ0n) is 23.2. The van der Waals surface area contributed by atoms with Crippen molar-refractivity contribution in [2.24, 2.45) is 7.05 Å². The number of thiazole rings is 1. The number of carbonyl (C=O) groups is 1. The molecule has 0 bridgehead atoms. The summed E-state index contributed by atoms with van der Waals surface area (Å²) in [6, 6.07) is 9.84. The number of likely N-dealkylation sites (tertiary alicyclic amines) is 1. The van der Waals surface area contributed by atoms with E-state index in [0.29, 0.717) is 35.4 Å². The number of β-amino-alcohol motifs (C(OH)–C–C–N with tert-alkyl or cyclic N) is 1. The fourth-order valence-corrected chi connectivity index (χ4v) is 5.57. The summed E-state index contributed by atoms with van der Waals surface area (Å²) < 4.78 is 14.8. The summed E-state index contributed by atoms with van der Waals surface area (Å²) in [5, 5.41) is 19.5. The Balaban J connectivity index is 1.34. The lowest BCUT2D eigenvalue weighted by atomic mass is 10.0. The first-order valence-electron chi connectivity index (χ1n) is 13.3. The lowest BCUT2D eigenvalue weighted by Gasteiger charge is -2.36. The number of anilines is 2. The summed E-state index contributed by atoms with van der Waals surface area (Å²) in [5.74, 6) is 1.10. The third kappa shape index (κ3) is 5.79. The summed E-state index contributed by atoms with van der Waals surface area (Å²) in [4.78, 5) is 27.6. The van der Waals surface area contributed by atoms with Crippen LogP contribution in [0.25, 0.3) is 32.2 Å². The van der Waals surface area contributed by atoms with Gasteiger partial charge in [-0.1, -0.05) is 0 Å². The van der Waals surface area contributed by atoms with Crippen molar-refractivity contribution in [2.75, 3.05) is 18.4 Å². The third-order valence-electron chi connectivity index (χ3n) is 6.78. The van der Waals surface area contributed by atoms with Crippen molar-refractivity contribution >= 4 is 50.1 Å². The van der Waals surface area contributed by atoms with Crippen LogP contribution < -0.4 is 10.1 Å². The molecule has 1 aliphatic rings. The Bertz CT molecular complexity index is 1730. The van der Waals surface area contributed by atoms with Gasteiger partial charge in [-0.25, -0.2) is 19.7 Å². The van der Waals surface area contributed by atoms with E-state index in [9.17, 15) is 9.90 Å². The van der Waals surface area contributed by atoms with Crippen molar-refractivity contribution in [1.29, 1.82) is 0 Å². The predicted molar refractivity (Wildman–Crippen MR) is 157 cm³/mol. The van der Waals surface area contributed by atoms with E-state index < -0.39 is 23.9 Å². The van der Waals surface area contributed by atoms with Crippen molar-refractivity contribution in [3.63, 3.8) is 0 Å². The lowest BCUT2D eigenvalue weighted by Crippen LogP contribution is -2.52. The van der Waals surface area contributed by atoms with Crippen LogP contribution >= 0.6 is 11.3 Å². The van der Waals surface area contributed by atoms with Gasteiger partial charge in [-0.2, -0.15) is 5.10 Å². The average molecular weight is 574 g/mol. The van der Waals surface area contributed by atoms with Gasteiger partial charge in [0, 0.05) is 37.5 Å². The molecule has 3 aromatic heterocycles. The molecular weight excluding hydrogens is 542 g/mol. The number of carbonyl (C=O) groups excluding carboxylic acids is 1. The number of nitrogens with zero attached hydrogens (tertiary/aromatic N) is 6. The number of hydrogen-bond acceptors (Lipinski definition) is 10. The van der Waals surface area contributed by atoms with Gasteiger partial charge in [0.1, 0.15) is 35.7 Å². The van der Waals surface area contributed by atoms with Crippen LogP contribution in [0.3, 0.4) is 0 Å². The first-order valence-corrected chi connectivity index (χ1v) is 14.2. The highest BCUT2D eigenvalue weighted by atomic mass is 32.1. The molecule has 0 unspecified atom stereocenters. The largest absolute Gasteiger partial charge is 0.487 e. The molecule has 0 saturated carbocycles. The first kappa shape index (κ1) is 26.9. The van der Waals surface area contributed by atoms with Crippen LogP contribution in [-0.2, 0) is 11.8 Å². The highest BCUT2D eigenvalue weighted by Gasteiger charge is 2.34. The summed E-state index contributed by atoms with van der Waals surface area (Å²) in [7, 11) is 1.86. The van der Waals surface area contributed by atoms with Crippen LogP contribution in [0.4, 0.5) is 16.3 Å². The number of amides is 1. The zero-order valence-corrected chi connectivity index (χ0v) is 24.1. The van der Waals surface area contributed by atoms with E-state index in [1.807, 2.05) is 69.9 Å². The predicted octanol–water partition coefficient (Wildman–Crippen LogP) is 5.13. The van der Waals surface area contributed by atoms with Crippen LogP contribution in [0.5, 0.6) is 5.75 Å². The van der Waals surface area contributed by atoms with Gasteiger partial charge in [0.2, 0.25) is 0 Å². The quantitative estimate of drug-likeness (QED) is 0.294. The number of nitrogens with one attached hydrogen (secondary N) is 1. The maximum Gasteiger partial charge on any atom is 0.410 e. The molecule has 0 spiro atoms. The molecule has 2 aromatic carbocycles. The van der Waals surface area contributed by atoms with E-state index in [1.54, 1.807) is 22.2 Å². The topological polar surface area (TPSA) is 128 Å². The van der Waals surface area contributed by atoms with Crippen LogP contribution in [0.1, 0.15) is 27.2 Å². The molecule has 212 valence electrons. The minimum Gasteiger partial charge on any atom is -0.487 e. The summed E-state index contributed by atoms with van der Waals surface area (Å²) in [5.41, 5.74) is 5.45. The Labute approximate surface area is 240 Å². The molecule has 2 N–H and O–H groups in total. The molecule has 0 radical (unpaired) electrons. The van der Waals surface area contributed by atoms with Gasteiger partial charge >= 0.3 is 6.09 Å². The Morgan fingerprint density at radius 2 is 1.98 bits per heavy atom. The average Bonchev–Trinajstić information content (AvgIpc) is 3.57. The standard InChI is InChI=1S/C29H31N7O4S/c1-29(2,3)40-28(38)36-8-7-23(22(37)14-36)39-24-10-17(18-12-33-35(4)13-18)9-21-26(24)27(31-15-30-21)34-19-5-6-20-25(11-19)41-16-32-20/h5-6,9-13,15-16,22-23,37H,7-8,14H2,1-4H3,(H,30,31,34)/t22-,23-/m0/s1. The molecule has 6 rings (SSSR count). The van der Waals surface area contributed by atoms with Crippen molar-refractivity contribution in [3.8, 4) is 16.9 Å². The maximum absolute atomic E-state index is 12.6. The summed E-state index contributed by atoms with van der Waals surface area (Å²) in [6.07, 6.45) is 3.73. The summed E-state index contributed by atoms with van der Waals surface area (Å²) >= 11 is 1.57. The van der Waals surface area contributed by atoms with E-state index in [0.717, 1.165) is 27.0 Å². The molecule has 1 amide bonds. The Hall–Kier alpha value is -4.29. The van der Waals surface area contributed by atoms with E-state index >= 15 is 0 Å². The van der Waals surface area contributed by atoms with Gasteiger partial charge in [0.05, 0.1) is 39.4 Å². The van der Waals surface area contributed by atoms with Gasteiger partial charge in [0.25, 0.3) is 0 Å². The number of ether oxygens (including phenoxy) is 2. The highest BCUT2D eigenvalue weighted by Crippen LogP contribution is 2.38. The molecule has 41 heavy (non-hydrogen) atoms. The minimum absolute atomic E-state index is 0.107. The highest BCUT2D eigenvalue weighted by molar-refractivity contribution is 7.16. The number of fused-ring (bicyclic) bond motifs is 2. The number of rotatable bonds is 5. The number of piperidine rings is 1. The van der Waals surface area contributed by atoms with Gasteiger partial charge in [-0.05, 0) is 56.7 Å². The van der Waals surface area contributed by atoms with Crippen LogP contribution in [0, 0.1) is 0 Å². The van der Waals surface area contributed by atoms with E-state index in [2.05, 4.69) is 25.4 Å². The second kappa shape index (κ2) is 10.6. The minimum atomic E-state index is -0.914. The second-order valence-corrected chi connectivity index (χ2v) is 12.0. The van der Waals surface area contributed by atoms with Crippen LogP contribution in [0.15, 0.2) is 54.6 Å². The number of aliphatic hydroxyl groups excluding tert-OH is 1. The molecule has 1 fully saturated rings. The second-order valence-electron chi connectivity index (χ2n) is 11.1. The molecular formula is C29H31N7O4S. The molecule has 1 aliphatic heterocycles. The fraction of sp³-hybridized carbons (Fsp3) is 0.345.